The van der Waals surface area contributed by atoms with E-state index in [1.807, 2.05) is 42.6 Å². The SMILES string of the molecule is COc1c(C#N)ccc2[nH]c(-c3cn4c(n3)C(c3ccccc3Cl)OCC4)cc12. The number of halogens is 1. The van der Waals surface area contributed by atoms with Crippen molar-refractivity contribution < 1.29 is 9.47 Å². The number of methoxy groups -OCH3 is 1. The molecule has 0 spiro atoms. The van der Waals surface area contributed by atoms with Gasteiger partial charge in [0.1, 0.15) is 29.4 Å². The largest absolute Gasteiger partial charge is 0.495 e. The van der Waals surface area contributed by atoms with Crippen LogP contribution < -0.4 is 4.74 Å². The van der Waals surface area contributed by atoms with Gasteiger partial charge in [-0.05, 0) is 24.3 Å². The number of nitriles is 1. The molecule has 7 heteroatoms. The number of nitrogens with zero attached hydrogens (tertiary/aromatic N) is 3. The van der Waals surface area contributed by atoms with E-state index in [1.54, 1.807) is 13.2 Å². The van der Waals surface area contributed by atoms with Gasteiger partial charge in [-0.2, -0.15) is 5.26 Å². The molecule has 0 aliphatic carbocycles. The van der Waals surface area contributed by atoms with Crippen LogP contribution in [0.2, 0.25) is 5.02 Å². The van der Waals surface area contributed by atoms with Gasteiger partial charge in [-0.25, -0.2) is 4.98 Å². The molecule has 1 aliphatic rings. The van der Waals surface area contributed by atoms with E-state index in [0.717, 1.165) is 40.2 Å². The van der Waals surface area contributed by atoms with Crippen LogP contribution in [0, 0.1) is 11.3 Å². The molecule has 2 aromatic heterocycles. The quantitative estimate of drug-likeness (QED) is 0.537. The van der Waals surface area contributed by atoms with Gasteiger partial charge in [0, 0.05) is 34.2 Å². The summed E-state index contributed by atoms with van der Waals surface area (Å²) in [6.07, 6.45) is 1.71. The van der Waals surface area contributed by atoms with Crippen LogP contribution in [-0.4, -0.2) is 28.3 Å². The van der Waals surface area contributed by atoms with Crippen molar-refractivity contribution in [3.63, 3.8) is 0 Å². The number of rotatable bonds is 3. The highest BCUT2D eigenvalue weighted by Crippen LogP contribution is 2.36. The number of aromatic amines is 1. The summed E-state index contributed by atoms with van der Waals surface area (Å²) in [7, 11) is 1.57. The van der Waals surface area contributed by atoms with Crippen molar-refractivity contribution in [2.45, 2.75) is 12.6 Å². The normalized spacial score (nSPS) is 15.8. The molecule has 3 heterocycles. The maximum atomic E-state index is 9.32. The van der Waals surface area contributed by atoms with Gasteiger partial charge in [-0.15, -0.1) is 0 Å². The second kappa shape index (κ2) is 6.96. The summed E-state index contributed by atoms with van der Waals surface area (Å²) in [6, 6.07) is 15.4. The van der Waals surface area contributed by atoms with E-state index in [2.05, 4.69) is 15.6 Å². The molecule has 2 aromatic carbocycles. The summed E-state index contributed by atoms with van der Waals surface area (Å²) in [5.74, 6) is 1.39. The third kappa shape index (κ3) is 2.87. The maximum absolute atomic E-state index is 9.32. The van der Waals surface area contributed by atoms with Gasteiger partial charge in [0.25, 0.3) is 0 Å². The van der Waals surface area contributed by atoms with Crippen molar-refractivity contribution in [1.29, 1.82) is 5.26 Å². The minimum absolute atomic E-state index is 0.310. The predicted molar refractivity (Wildman–Crippen MR) is 110 cm³/mol. The van der Waals surface area contributed by atoms with E-state index in [4.69, 9.17) is 26.1 Å². The van der Waals surface area contributed by atoms with E-state index < -0.39 is 0 Å². The lowest BCUT2D eigenvalue weighted by Gasteiger charge is -2.24. The van der Waals surface area contributed by atoms with Crippen molar-refractivity contribution in [2.75, 3.05) is 13.7 Å². The molecule has 29 heavy (non-hydrogen) atoms. The number of benzene rings is 2. The molecule has 1 atom stereocenters. The van der Waals surface area contributed by atoms with E-state index in [0.29, 0.717) is 22.9 Å². The molecule has 1 aliphatic heterocycles. The number of hydrogen-bond acceptors (Lipinski definition) is 4. The molecular formula is C22H17ClN4O2. The van der Waals surface area contributed by atoms with Crippen LogP contribution in [0.25, 0.3) is 22.3 Å². The molecule has 0 bridgehead atoms. The number of aromatic nitrogens is 3. The molecule has 5 rings (SSSR count). The number of H-pyrrole nitrogens is 1. The number of ether oxygens (including phenoxy) is 2. The summed E-state index contributed by atoms with van der Waals surface area (Å²) in [6.45, 7) is 1.32. The van der Waals surface area contributed by atoms with Crippen molar-refractivity contribution in [1.82, 2.24) is 14.5 Å². The summed E-state index contributed by atoms with van der Waals surface area (Å²) in [5.41, 5.74) is 3.96. The van der Waals surface area contributed by atoms with Gasteiger partial charge in [0.2, 0.25) is 0 Å². The fraction of sp³-hybridized carbons (Fsp3) is 0.182. The highest BCUT2D eigenvalue weighted by Gasteiger charge is 2.27. The van der Waals surface area contributed by atoms with Gasteiger partial charge < -0.3 is 19.0 Å². The van der Waals surface area contributed by atoms with Gasteiger partial charge in [0.15, 0.2) is 0 Å². The average molecular weight is 405 g/mol. The number of nitrogens with one attached hydrogen (secondary N) is 1. The smallest absolute Gasteiger partial charge is 0.146 e. The molecular weight excluding hydrogens is 388 g/mol. The summed E-state index contributed by atoms with van der Waals surface area (Å²) < 4.78 is 13.6. The van der Waals surface area contributed by atoms with Gasteiger partial charge in [-0.1, -0.05) is 29.8 Å². The van der Waals surface area contributed by atoms with E-state index in [9.17, 15) is 5.26 Å². The first-order valence-electron chi connectivity index (χ1n) is 9.23. The van der Waals surface area contributed by atoms with Crippen LogP contribution in [0.4, 0.5) is 0 Å². The molecule has 0 amide bonds. The number of fused-ring (bicyclic) bond motifs is 2. The van der Waals surface area contributed by atoms with E-state index >= 15 is 0 Å². The topological polar surface area (TPSA) is 75.9 Å². The minimum atomic E-state index is -0.310. The predicted octanol–water partition coefficient (Wildman–Crippen LogP) is 4.68. The van der Waals surface area contributed by atoms with Crippen LogP contribution in [0.5, 0.6) is 5.75 Å². The Bertz CT molecular complexity index is 1270. The monoisotopic (exact) mass is 404 g/mol. The van der Waals surface area contributed by atoms with E-state index in [-0.39, 0.29) is 6.10 Å². The molecule has 1 unspecified atom stereocenters. The minimum Gasteiger partial charge on any atom is -0.495 e. The first-order chi connectivity index (χ1) is 14.2. The lowest BCUT2D eigenvalue weighted by atomic mass is 10.1. The Morgan fingerprint density at radius 2 is 2.17 bits per heavy atom. The van der Waals surface area contributed by atoms with Crippen LogP contribution in [0.3, 0.4) is 0 Å². The van der Waals surface area contributed by atoms with Crippen LogP contribution in [0.1, 0.15) is 23.1 Å². The summed E-state index contributed by atoms with van der Waals surface area (Å²) in [5, 5.41) is 10.8. The van der Waals surface area contributed by atoms with Crippen molar-refractivity contribution in [3.05, 3.63) is 70.6 Å². The highest BCUT2D eigenvalue weighted by atomic mass is 35.5. The molecule has 0 fully saturated rings. The second-order valence-corrected chi connectivity index (χ2v) is 7.26. The fourth-order valence-electron chi connectivity index (χ4n) is 3.83. The van der Waals surface area contributed by atoms with Crippen LogP contribution >= 0.6 is 11.6 Å². The summed E-state index contributed by atoms with van der Waals surface area (Å²) >= 11 is 6.40. The lowest BCUT2D eigenvalue weighted by molar-refractivity contribution is 0.0430. The first-order valence-corrected chi connectivity index (χ1v) is 9.60. The molecule has 0 saturated heterocycles. The van der Waals surface area contributed by atoms with Crippen molar-refractivity contribution in [2.24, 2.45) is 0 Å². The lowest BCUT2D eigenvalue weighted by Crippen LogP contribution is -2.22. The Morgan fingerprint density at radius 1 is 1.31 bits per heavy atom. The van der Waals surface area contributed by atoms with Crippen molar-refractivity contribution in [3.8, 4) is 23.2 Å². The second-order valence-electron chi connectivity index (χ2n) is 6.85. The Balaban J connectivity index is 1.61. The third-order valence-corrected chi connectivity index (χ3v) is 5.55. The zero-order valence-electron chi connectivity index (χ0n) is 15.6. The highest BCUT2D eigenvalue weighted by molar-refractivity contribution is 6.31. The van der Waals surface area contributed by atoms with E-state index in [1.165, 1.54) is 0 Å². The number of imidazole rings is 1. The third-order valence-electron chi connectivity index (χ3n) is 5.20. The summed E-state index contributed by atoms with van der Waals surface area (Å²) in [4.78, 5) is 8.24. The average Bonchev–Trinajstić information content (AvgIpc) is 3.37. The molecule has 6 nitrogen and oxygen atoms in total. The van der Waals surface area contributed by atoms with Gasteiger partial charge >= 0.3 is 0 Å². The Kier molecular flexibility index (Phi) is 4.27. The molecule has 0 saturated carbocycles. The molecule has 4 aromatic rings. The Labute approximate surface area is 172 Å². The molecule has 144 valence electrons. The molecule has 0 radical (unpaired) electrons. The zero-order valence-corrected chi connectivity index (χ0v) is 16.4. The first kappa shape index (κ1) is 17.8. The van der Waals surface area contributed by atoms with Crippen LogP contribution in [-0.2, 0) is 11.3 Å². The number of hydrogen-bond donors (Lipinski definition) is 1. The molecule has 1 N–H and O–H groups in total. The van der Waals surface area contributed by atoms with Gasteiger partial charge in [-0.3, -0.25) is 0 Å². The standard InChI is InChI=1S/C22H17ClN4O2/c1-28-20-13(11-24)6-7-17-15(20)10-18(25-17)19-12-27-8-9-29-21(22(27)26-19)14-4-2-3-5-16(14)23/h2-7,10,12,21,25H,8-9H2,1H3. The van der Waals surface area contributed by atoms with Crippen LogP contribution in [0.15, 0.2) is 48.7 Å². The fourth-order valence-corrected chi connectivity index (χ4v) is 4.07. The Morgan fingerprint density at radius 3 is 2.97 bits per heavy atom. The zero-order chi connectivity index (χ0) is 20.0. The maximum Gasteiger partial charge on any atom is 0.146 e. The van der Waals surface area contributed by atoms with Gasteiger partial charge in [0.05, 0.1) is 25.0 Å². The van der Waals surface area contributed by atoms with Crippen molar-refractivity contribution >= 4 is 22.5 Å². The Hall–Kier alpha value is -3.27.